The number of nitrogens with zero attached hydrogens (tertiary/aromatic N) is 2. The molecular weight excluding hydrogens is 294 g/mol. The Bertz CT molecular complexity index is 448. The molecule has 2 aromatic rings. The molecule has 14 heavy (non-hydrogen) atoms. The highest BCUT2D eigenvalue weighted by Crippen LogP contribution is 2.23. The van der Waals surface area contributed by atoms with Crippen molar-refractivity contribution in [3.8, 4) is 11.1 Å². The monoisotopic (exact) mass is 302 g/mol. The summed E-state index contributed by atoms with van der Waals surface area (Å²) in [6.45, 7) is 0. The summed E-state index contributed by atoms with van der Waals surface area (Å²) in [7, 11) is 1.87. The van der Waals surface area contributed by atoms with Crippen LogP contribution in [-0.2, 0) is 7.05 Å². The predicted molar refractivity (Wildman–Crippen MR) is 61.3 cm³/mol. The lowest BCUT2D eigenvalue weighted by Gasteiger charge is -1.96. The average Bonchev–Trinajstić information content (AvgIpc) is 2.47. The first-order valence-corrected chi connectivity index (χ1v) is 5.20. The zero-order valence-corrected chi connectivity index (χ0v) is 9.69. The van der Waals surface area contributed by atoms with Crippen LogP contribution in [0.15, 0.2) is 30.5 Å². The fraction of sp³-hybridized carbons (Fsp3) is 0.100. The fourth-order valence-corrected chi connectivity index (χ4v) is 2.08. The number of aromatic nitrogens is 2. The first-order valence-electron chi connectivity index (χ1n) is 4.12. The molecule has 72 valence electrons. The molecule has 0 aliphatic heterocycles. The van der Waals surface area contributed by atoms with Gasteiger partial charge in [-0.15, -0.1) is 0 Å². The average molecular weight is 302 g/mol. The third kappa shape index (κ3) is 1.79. The molecule has 0 aliphatic carbocycles. The minimum absolute atomic E-state index is 0.215. The number of hydrogen-bond donors (Lipinski definition) is 0. The number of benzene rings is 1. The molecule has 0 fully saturated rings. The minimum Gasteiger partial charge on any atom is -0.274 e. The van der Waals surface area contributed by atoms with E-state index in [1.54, 1.807) is 16.8 Å². The Morgan fingerprint density at radius 1 is 1.29 bits per heavy atom. The molecule has 1 aromatic carbocycles. The van der Waals surface area contributed by atoms with Crippen LogP contribution >= 0.6 is 22.6 Å². The highest BCUT2D eigenvalue weighted by Gasteiger charge is 2.06. The van der Waals surface area contributed by atoms with Gasteiger partial charge < -0.3 is 0 Å². The van der Waals surface area contributed by atoms with Crippen molar-refractivity contribution in [3.05, 3.63) is 40.0 Å². The maximum Gasteiger partial charge on any atom is 0.131 e. The predicted octanol–water partition coefficient (Wildman–Crippen LogP) is 2.83. The molecule has 0 unspecified atom stereocenters. The van der Waals surface area contributed by atoms with Crippen LogP contribution in [0, 0.1) is 9.52 Å². The van der Waals surface area contributed by atoms with Gasteiger partial charge in [0.15, 0.2) is 0 Å². The van der Waals surface area contributed by atoms with Gasteiger partial charge >= 0.3 is 0 Å². The van der Waals surface area contributed by atoms with E-state index in [-0.39, 0.29) is 5.82 Å². The van der Waals surface area contributed by atoms with Gasteiger partial charge in [0.2, 0.25) is 0 Å². The number of halogens is 2. The number of aryl methyl sites for hydroxylation is 1. The van der Waals surface area contributed by atoms with Gasteiger partial charge in [-0.1, -0.05) is 12.1 Å². The second kappa shape index (κ2) is 3.68. The summed E-state index contributed by atoms with van der Waals surface area (Å²) in [5, 5.41) is 4.22. The molecule has 0 bridgehead atoms. The highest BCUT2D eigenvalue weighted by molar-refractivity contribution is 14.1. The van der Waals surface area contributed by atoms with E-state index < -0.39 is 0 Å². The molecule has 0 aliphatic rings. The van der Waals surface area contributed by atoms with Crippen molar-refractivity contribution in [1.82, 2.24) is 9.78 Å². The van der Waals surface area contributed by atoms with Gasteiger partial charge in [0.1, 0.15) is 9.52 Å². The Morgan fingerprint density at radius 2 is 1.93 bits per heavy atom. The van der Waals surface area contributed by atoms with Crippen LogP contribution in [0.4, 0.5) is 4.39 Å². The molecule has 2 rings (SSSR count). The lowest BCUT2D eigenvalue weighted by Crippen LogP contribution is -1.85. The topological polar surface area (TPSA) is 17.8 Å². The van der Waals surface area contributed by atoms with Crippen LogP contribution in [0.2, 0.25) is 0 Å². The van der Waals surface area contributed by atoms with Crippen molar-refractivity contribution in [2.75, 3.05) is 0 Å². The van der Waals surface area contributed by atoms with E-state index in [1.807, 2.05) is 13.2 Å². The Balaban J connectivity index is 2.49. The Hall–Kier alpha value is -0.910. The zero-order chi connectivity index (χ0) is 10.1. The molecule has 0 saturated carbocycles. The maximum atomic E-state index is 12.7. The van der Waals surface area contributed by atoms with Crippen molar-refractivity contribution in [3.63, 3.8) is 0 Å². The highest BCUT2D eigenvalue weighted by atomic mass is 127. The largest absolute Gasteiger partial charge is 0.274 e. The third-order valence-electron chi connectivity index (χ3n) is 1.94. The molecule has 2 nitrogen and oxygen atoms in total. The van der Waals surface area contributed by atoms with E-state index in [9.17, 15) is 4.39 Å². The van der Waals surface area contributed by atoms with Gasteiger partial charge in [-0.05, 0) is 40.3 Å². The van der Waals surface area contributed by atoms with Crippen LogP contribution in [0.1, 0.15) is 0 Å². The molecule has 1 aromatic heterocycles. The summed E-state index contributed by atoms with van der Waals surface area (Å²) in [6.07, 6.45) is 1.93. The first-order chi connectivity index (χ1) is 6.66. The Kier molecular flexibility index (Phi) is 2.54. The number of hydrogen-bond acceptors (Lipinski definition) is 1. The van der Waals surface area contributed by atoms with Crippen molar-refractivity contribution in [1.29, 1.82) is 0 Å². The maximum absolute atomic E-state index is 12.7. The van der Waals surface area contributed by atoms with Gasteiger partial charge in [-0.25, -0.2) is 4.39 Å². The van der Waals surface area contributed by atoms with Crippen LogP contribution in [0.25, 0.3) is 11.1 Å². The van der Waals surface area contributed by atoms with Crippen molar-refractivity contribution < 1.29 is 4.39 Å². The molecule has 0 saturated heterocycles. The SMILES string of the molecule is Cn1cc(-c2ccc(F)cc2)c(I)n1. The van der Waals surface area contributed by atoms with Crippen molar-refractivity contribution in [2.45, 2.75) is 0 Å². The van der Waals surface area contributed by atoms with E-state index in [0.717, 1.165) is 14.8 Å². The summed E-state index contributed by atoms with van der Waals surface area (Å²) in [4.78, 5) is 0. The molecule has 0 amide bonds. The van der Waals surface area contributed by atoms with E-state index in [2.05, 4.69) is 27.7 Å². The second-order valence-electron chi connectivity index (χ2n) is 3.01. The van der Waals surface area contributed by atoms with Crippen LogP contribution in [-0.4, -0.2) is 9.78 Å². The third-order valence-corrected chi connectivity index (χ3v) is 2.74. The lowest BCUT2D eigenvalue weighted by atomic mass is 10.1. The van der Waals surface area contributed by atoms with Gasteiger partial charge in [0.05, 0.1) is 0 Å². The van der Waals surface area contributed by atoms with Gasteiger partial charge in [0.25, 0.3) is 0 Å². The van der Waals surface area contributed by atoms with E-state index in [4.69, 9.17) is 0 Å². The van der Waals surface area contributed by atoms with Crippen LogP contribution in [0.5, 0.6) is 0 Å². The molecule has 0 N–H and O–H groups in total. The van der Waals surface area contributed by atoms with Gasteiger partial charge in [-0.3, -0.25) is 4.68 Å². The summed E-state index contributed by atoms with van der Waals surface area (Å²) in [6, 6.07) is 6.43. The molecule has 1 heterocycles. The molecule has 0 radical (unpaired) electrons. The zero-order valence-electron chi connectivity index (χ0n) is 7.54. The standard InChI is InChI=1S/C10H8FIN2/c1-14-6-9(10(12)13-14)7-2-4-8(11)5-3-7/h2-6H,1H3. The molecule has 4 heteroatoms. The van der Waals surface area contributed by atoms with Crippen molar-refractivity contribution in [2.24, 2.45) is 7.05 Å². The Labute approximate surface area is 94.9 Å². The lowest BCUT2D eigenvalue weighted by molar-refractivity contribution is 0.628. The summed E-state index contributed by atoms with van der Waals surface area (Å²) >= 11 is 2.17. The van der Waals surface area contributed by atoms with E-state index >= 15 is 0 Å². The van der Waals surface area contributed by atoms with Crippen molar-refractivity contribution >= 4 is 22.6 Å². The molecular formula is C10H8FIN2. The number of rotatable bonds is 1. The van der Waals surface area contributed by atoms with Gasteiger partial charge in [-0.2, -0.15) is 5.10 Å². The van der Waals surface area contributed by atoms with Gasteiger partial charge in [0, 0.05) is 18.8 Å². The van der Waals surface area contributed by atoms with E-state index in [0.29, 0.717) is 0 Å². The van der Waals surface area contributed by atoms with E-state index in [1.165, 1.54) is 12.1 Å². The normalized spacial score (nSPS) is 10.5. The molecule has 0 atom stereocenters. The fourth-order valence-electron chi connectivity index (χ4n) is 1.28. The second-order valence-corrected chi connectivity index (χ2v) is 4.04. The van der Waals surface area contributed by atoms with Crippen LogP contribution in [0.3, 0.4) is 0 Å². The summed E-state index contributed by atoms with van der Waals surface area (Å²) < 4.78 is 15.4. The Morgan fingerprint density at radius 3 is 2.43 bits per heavy atom. The molecule has 0 spiro atoms. The van der Waals surface area contributed by atoms with Crippen LogP contribution < -0.4 is 0 Å². The first kappa shape index (κ1) is 9.64. The minimum atomic E-state index is -0.215. The summed E-state index contributed by atoms with van der Waals surface area (Å²) in [5.74, 6) is -0.215. The smallest absolute Gasteiger partial charge is 0.131 e. The summed E-state index contributed by atoms with van der Waals surface area (Å²) in [5.41, 5.74) is 2.03. The quantitative estimate of drug-likeness (QED) is 0.741.